The molecule has 9 heteroatoms. The number of carbonyl (C=O) groups is 3. The largest absolute Gasteiger partial charge is 0.444 e. The maximum atomic E-state index is 13.9. The molecular weight excluding hydrogens is 554 g/mol. The van der Waals surface area contributed by atoms with Gasteiger partial charge in [-0.25, -0.2) is 4.79 Å². The molecule has 2 fully saturated rings. The van der Waals surface area contributed by atoms with E-state index in [4.69, 9.17) is 4.74 Å². The second-order valence-corrected chi connectivity index (χ2v) is 14.0. The summed E-state index contributed by atoms with van der Waals surface area (Å²) in [7, 11) is 2.14. The van der Waals surface area contributed by atoms with Gasteiger partial charge < -0.3 is 30.1 Å². The zero-order valence-electron chi connectivity index (χ0n) is 28.3. The number of nitrogens with zero attached hydrogens (tertiary/aromatic N) is 3. The van der Waals surface area contributed by atoms with E-state index in [1.807, 2.05) is 40.7 Å². The predicted molar refractivity (Wildman–Crippen MR) is 177 cm³/mol. The fourth-order valence-electron chi connectivity index (χ4n) is 6.92. The summed E-state index contributed by atoms with van der Waals surface area (Å²) in [4.78, 5) is 46.2. The summed E-state index contributed by atoms with van der Waals surface area (Å²) in [5.41, 5.74) is 5.53. The molecule has 9 nitrogen and oxygen atoms in total. The molecule has 3 aliphatic rings. The molecule has 1 aromatic carbocycles. The van der Waals surface area contributed by atoms with Crippen LogP contribution in [0.5, 0.6) is 0 Å². The van der Waals surface area contributed by atoms with Gasteiger partial charge in [-0.15, -0.1) is 0 Å². The fraction of sp³-hybridized carbons (Fsp3) is 0.629. The highest BCUT2D eigenvalue weighted by Gasteiger charge is 2.30. The van der Waals surface area contributed by atoms with Gasteiger partial charge in [0.1, 0.15) is 5.60 Å². The molecule has 2 heterocycles. The van der Waals surface area contributed by atoms with Crippen molar-refractivity contribution >= 4 is 29.3 Å². The number of anilines is 2. The lowest BCUT2D eigenvalue weighted by molar-refractivity contribution is -0.116. The smallest absolute Gasteiger partial charge is 0.410 e. The number of amides is 3. The van der Waals surface area contributed by atoms with Crippen LogP contribution >= 0.6 is 0 Å². The molecule has 1 atom stereocenters. The SMILES string of the molecule is CC1=CC(C)C(C(C)C)=C(CNC(=O)c2cc(N3CCN(C(=O)OC(C)(C)C)CC3)cc(N(C)C3CCCC3)c2C)C(=O)N1. The molecule has 242 valence electrons. The molecule has 2 N–H and O–H groups in total. The summed E-state index contributed by atoms with van der Waals surface area (Å²) in [6.45, 7) is 18.4. The Morgan fingerprint density at radius 2 is 1.73 bits per heavy atom. The van der Waals surface area contributed by atoms with Gasteiger partial charge in [0, 0.05) is 74.0 Å². The molecule has 0 spiro atoms. The van der Waals surface area contributed by atoms with Gasteiger partial charge in [0.05, 0.1) is 0 Å². The third-order valence-corrected chi connectivity index (χ3v) is 9.13. The molecule has 1 aliphatic carbocycles. The van der Waals surface area contributed by atoms with E-state index in [2.05, 4.69) is 60.4 Å². The van der Waals surface area contributed by atoms with E-state index in [0.717, 1.165) is 41.1 Å². The Morgan fingerprint density at radius 3 is 2.32 bits per heavy atom. The summed E-state index contributed by atoms with van der Waals surface area (Å²) in [6, 6.07) is 4.61. The molecule has 1 saturated heterocycles. The maximum absolute atomic E-state index is 13.9. The first-order chi connectivity index (χ1) is 20.7. The van der Waals surface area contributed by atoms with Crippen LogP contribution < -0.4 is 20.4 Å². The van der Waals surface area contributed by atoms with Crippen molar-refractivity contribution in [1.82, 2.24) is 15.5 Å². The summed E-state index contributed by atoms with van der Waals surface area (Å²) < 4.78 is 5.59. The summed E-state index contributed by atoms with van der Waals surface area (Å²) in [5, 5.41) is 6.09. The number of nitrogens with one attached hydrogen (secondary N) is 2. The minimum absolute atomic E-state index is 0.0944. The average molecular weight is 608 g/mol. The zero-order chi connectivity index (χ0) is 32.3. The van der Waals surface area contributed by atoms with Crippen LogP contribution in [0.3, 0.4) is 0 Å². The fourth-order valence-corrected chi connectivity index (χ4v) is 6.92. The second-order valence-electron chi connectivity index (χ2n) is 14.0. The monoisotopic (exact) mass is 607 g/mol. The van der Waals surface area contributed by atoms with Crippen molar-refractivity contribution in [3.05, 3.63) is 46.2 Å². The van der Waals surface area contributed by atoms with Crippen LogP contribution in [0.4, 0.5) is 16.2 Å². The number of benzene rings is 1. The topological polar surface area (TPSA) is 94.2 Å². The Hall–Kier alpha value is -3.49. The summed E-state index contributed by atoms with van der Waals surface area (Å²) in [5.74, 6) is -0.0808. The van der Waals surface area contributed by atoms with Crippen molar-refractivity contribution in [3.8, 4) is 0 Å². The standard InChI is InChI=1S/C35H53N5O4/c1-22(2)31-23(3)18-24(4)37-33(42)29(31)21-36-32(41)28-19-27(20-30(25(28)5)38(9)26-12-10-11-13-26)39-14-16-40(17-15-39)34(43)44-35(6,7)8/h18-20,22-23,26H,10-17,21H2,1-9H3,(H,36,41)(H,37,42). The van der Waals surface area contributed by atoms with Crippen LogP contribution in [0.2, 0.25) is 0 Å². The van der Waals surface area contributed by atoms with E-state index in [0.29, 0.717) is 43.4 Å². The number of ether oxygens (including phenoxy) is 1. The van der Waals surface area contributed by atoms with E-state index < -0.39 is 5.60 Å². The minimum atomic E-state index is -0.538. The second kappa shape index (κ2) is 13.7. The van der Waals surface area contributed by atoms with Gasteiger partial charge in [-0.2, -0.15) is 0 Å². The van der Waals surface area contributed by atoms with E-state index in [9.17, 15) is 14.4 Å². The van der Waals surface area contributed by atoms with Gasteiger partial charge in [-0.05, 0) is 77.0 Å². The minimum Gasteiger partial charge on any atom is -0.444 e. The highest BCUT2D eigenvalue weighted by atomic mass is 16.6. The zero-order valence-corrected chi connectivity index (χ0v) is 28.3. The Kier molecular flexibility index (Phi) is 10.4. The lowest BCUT2D eigenvalue weighted by Gasteiger charge is -2.38. The maximum Gasteiger partial charge on any atom is 0.410 e. The summed E-state index contributed by atoms with van der Waals surface area (Å²) >= 11 is 0. The van der Waals surface area contributed by atoms with Gasteiger partial charge in [0.2, 0.25) is 0 Å². The molecule has 1 unspecified atom stereocenters. The van der Waals surface area contributed by atoms with E-state index in [1.165, 1.54) is 12.8 Å². The molecule has 44 heavy (non-hydrogen) atoms. The normalized spacial score (nSPS) is 20.0. The molecule has 1 aromatic rings. The van der Waals surface area contributed by atoms with Crippen molar-refractivity contribution in [2.75, 3.05) is 49.6 Å². The number of hydrogen-bond acceptors (Lipinski definition) is 6. The van der Waals surface area contributed by atoms with Crippen molar-refractivity contribution in [1.29, 1.82) is 0 Å². The Balaban J connectivity index is 1.61. The Morgan fingerprint density at radius 1 is 1.09 bits per heavy atom. The number of allylic oxidation sites excluding steroid dienone is 3. The van der Waals surface area contributed by atoms with Gasteiger partial charge in [0.15, 0.2) is 0 Å². The van der Waals surface area contributed by atoms with Crippen molar-refractivity contribution < 1.29 is 19.1 Å². The average Bonchev–Trinajstić information content (AvgIpc) is 3.45. The van der Waals surface area contributed by atoms with Gasteiger partial charge >= 0.3 is 6.09 Å². The molecule has 0 bridgehead atoms. The number of rotatable bonds is 7. The molecule has 0 aromatic heterocycles. The molecule has 0 radical (unpaired) electrons. The first-order valence-electron chi connectivity index (χ1n) is 16.3. The lowest BCUT2D eigenvalue weighted by atomic mass is 9.86. The lowest BCUT2D eigenvalue weighted by Crippen LogP contribution is -2.50. The summed E-state index contributed by atoms with van der Waals surface area (Å²) in [6.07, 6.45) is 6.50. The van der Waals surface area contributed by atoms with Crippen molar-refractivity contribution in [2.24, 2.45) is 11.8 Å². The van der Waals surface area contributed by atoms with Gasteiger partial charge in [-0.1, -0.05) is 45.3 Å². The third kappa shape index (κ3) is 7.77. The molecule has 2 aliphatic heterocycles. The Labute approximate surface area is 264 Å². The van der Waals surface area contributed by atoms with E-state index >= 15 is 0 Å². The Bertz CT molecular complexity index is 1310. The highest BCUT2D eigenvalue weighted by Crippen LogP contribution is 2.35. The number of carbonyl (C=O) groups excluding carboxylic acids is 3. The van der Waals surface area contributed by atoms with Crippen LogP contribution in [-0.4, -0.2) is 74.2 Å². The molecular formula is C35H53N5O4. The van der Waals surface area contributed by atoms with Crippen LogP contribution in [0.1, 0.15) is 90.1 Å². The number of piperazine rings is 1. The van der Waals surface area contributed by atoms with E-state index in [-0.39, 0.29) is 36.3 Å². The predicted octanol–water partition coefficient (Wildman–Crippen LogP) is 5.78. The number of hydrogen-bond donors (Lipinski definition) is 2. The molecule has 1 saturated carbocycles. The first kappa shape index (κ1) is 33.4. The third-order valence-electron chi connectivity index (χ3n) is 9.13. The van der Waals surface area contributed by atoms with Crippen LogP contribution in [-0.2, 0) is 9.53 Å². The first-order valence-corrected chi connectivity index (χ1v) is 16.3. The van der Waals surface area contributed by atoms with Gasteiger partial charge in [0.25, 0.3) is 11.8 Å². The molecule has 4 rings (SSSR count). The van der Waals surface area contributed by atoms with Gasteiger partial charge in [-0.3, -0.25) is 9.59 Å². The van der Waals surface area contributed by atoms with Crippen LogP contribution in [0.15, 0.2) is 35.1 Å². The van der Waals surface area contributed by atoms with E-state index in [1.54, 1.807) is 4.90 Å². The van der Waals surface area contributed by atoms with Crippen LogP contribution in [0, 0.1) is 18.8 Å². The van der Waals surface area contributed by atoms with Crippen LogP contribution in [0.25, 0.3) is 0 Å². The quantitative estimate of drug-likeness (QED) is 0.408. The van der Waals surface area contributed by atoms with Crippen molar-refractivity contribution in [2.45, 2.75) is 92.7 Å². The highest BCUT2D eigenvalue weighted by molar-refractivity contribution is 6.01. The molecule has 3 amide bonds. The van der Waals surface area contributed by atoms with Crippen molar-refractivity contribution in [3.63, 3.8) is 0 Å².